The minimum Gasteiger partial charge on any atom is -0.463 e. The number of hydrogen-bond donors (Lipinski definition) is 0. The summed E-state index contributed by atoms with van der Waals surface area (Å²) in [7, 11) is 0. The summed E-state index contributed by atoms with van der Waals surface area (Å²) in [6, 6.07) is 7.49. The lowest BCUT2D eigenvalue weighted by Crippen LogP contribution is -2.21. The molecule has 0 amide bonds. The normalized spacial score (nSPS) is 18.9. The molecule has 1 aromatic rings. The highest BCUT2D eigenvalue weighted by atomic mass is 79.9. The van der Waals surface area contributed by atoms with Crippen molar-refractivity contribution in [2.75, 3.05) is 6.61 Å². The largest absolute Gasteiger partial charge is 0.463 e. The van der Waals surface area contributed by atoms with Gasteiger partial charge in [-0.25, -0.2) is 9.59 Å². The number of carbonyl (C=O) groups excluding carboxylic acids is 2. The Hall–Kier alpha value is -1.62. The van der Waals surface area contributed by atoms with Crippen molar-refractivity contribution in [3.8, 4) is 0 Å². The lowest BCUT2D eigenvalue weighted by molar-refractivity contribution is -0.156. The molecule has 2 rings (SSSR count). The van der Waals surface area contributed by atoms with Gasteiger partial charge in [-0.05, 0) is 23.8 Å². The van der Waals surface area contributed by atoms with Crippen LogP contribution in [0.5, 0.6) is 0 Å². The first-order valence-corrected chi connectivity index (χ1v) is 6.25. The van der Waals surface area contributed by atoms with Crippen molar-refractivity contribution in [2.24, 2.45) is 0 Å². The highest BCUT2D eigenvalue weighted by molar-refractivity contribution is 9.10. The molecule has 1 fully saturated rings. The highest BCUT2D eigenvalue weighted by Gasteiger charge is 2.29. The van der Waals surface area contributed by atoms with Gasteiger partial charge in [0.1, 0.15) is 0 Å². The monoisotopic (exact) mass is 310 g/mol. The Bertz CT molecular complexity index is 496. The van der Waals surface area contributed by atoms with E-state index in [0.717, 1.165) is 10.0 Å². The third-order valence-corrected chi connectivity index (χ3v) is 2.90. The molecule has 5 heteroatoms. The second-order valence-electron chi connectivity index (χ2n) is 3.77. The molecule has 0 spiro atoms. The highest BCUT2D eigenvalue weighted by Crippen LogP contribution is 2.14. The fraction of sp³-hybridized carbons (Fsp3) is 0.231. The standard InChI is InChI=1S/C13H11BrO4/c14-10-3-1-2-9(8-10)4-5-12(15)18-11-6-7-17-13(11)16/h1-5,8,11H,6-7H2/b5-4+/t11-/m1/s1. The number of cyclic esters (lactones) is 1. The molecular formula is C13H11BrO4. The maximum Gasteiger partial charge on any atom is 0.347 e. The van der Waals surface area contributed by atoms with Crippen molar-refractivity contribution in [1.29, 1.82) is 0 Å². The lowest BCUT2D eigenvalue weighted by atomic mass is 10.2. The topological polar surface area (TPSA) is 52.6 Å². The van der Waals surface area contributed by atoms with Crippen molar-refractivity contribution >= 4 is 33.9 Å². The van der Waals surface area contributed by atoms with Crippen LogP contribution in [0, 0.1) is 0 Å². The number of esters is 2. The molecule has 1 aromatic carbocycles. The van der Waals surface area contributed by atoms with E-state index >= 15 is 0 Å². The van der Waals surface area contributed by atoms with Gasteiger partial charge in [0.15, 0.2) is 0 Å². The van der Waals surface area contributed by atoms with Crippen LogP contribution in [0.4, 0.5) is 0 Å². The van der Waals surface area contributed by atoms with Crippen molar-refractivity contribution in [2.45, 2.75) is 12.5 Å². The van der Waals surface area contributed by atoms with Gasteiger partial charge in [0, 0.05) is 17.0 Å². The Kier molecular flexibility index (Phi) is 4.15. The fourth-order valence-electron chi connectivity index (χ4n) is 1.54. The van der Waals surface area contributed by atoms with E-state index in [2.05, 4.69) is 15.9 Å². The first kappa shape index (κ1) is 12.8. The summed E-state index contributed by atoms with van der Waals surface area (Å²) in [5.74, 6) is -1.02. The molecule has 0 unspecified atom stereocenters. The van der Waals surface area contributed by atoms with Gasteiger partial charge in [-0.15, -0.1) is 0 Å². The van der Waals surface area contributed by atoms with Gasteiger partial charge in [-0.2, -0.15) is 0 Å². The van der Waals surface area contributed by atoms with Crippen LogP contribution in [-0.2, 0) is 19.1 Å². The van der Waals surface area contributed by atoms with Crippen LogP contribution in [0.25, 0.3) is 6.08 Å². The second kappa shape index (κ2) is 5.82. The molecule has 0 saturated carbocycles. The Morgan fingerprint density at radius 1 is 1.50 bits per heavy atom. The van der Waals surface area contributed by atoms with Gasteiger partial charge in [-0.1, -0.05) is 28.1 Å². The molecule has 1 aliphatic heterocycles. The summed E-state index contributed by atoms with van der Waals surface area (Å²) in [4.78, 5) is 22.6. The minimum absolute atomic E-state index is 0.312. The molecular weight excluding hydrogens is 300 g/mol. The second-order valence-corrected chi connectivity index (χ2v) is 4.69. The van der Waals surface area contributed by atoms with Gasteiger partial charge in [0.2, 0.25) is 6.10 Å². The summed E-state index contributed by atoms with van der Waals surface area (Å²) in [6.45, 7) is 0.312. The number of halogens is 1. The molecule has 0 aliphatic carbocycles. The number of rotatable bonds is 3. The van der Waals surface area contributed by atoms with Crippen LogP contribution in [0.2, 0.25) is 0 Å². The zero-order valence-corrected chi connectivity index (χ0v) is 11.1. The van der Waals surface area contributed by atoms with Crippen molar-refractivity contribution < 1.29 is 19.1 Å². The van der Waals surface area contributed by atoms with E-state index in [9.17, 15) is 9.59 Å². The van der Waals surface area contributed by atoms with E-state index in [-0.39, 0.29) is 0 Å². The summed E-state index contributed by atoms with van der Waals surface area (Å²) < 4.78 is 10.6. The molecule has 94 valence electrons. The average molecular weight is 311 g/mol. The van der Waals surface area contributed by atoms with Crippen molar-refractivity contribution in [3.05, 3.63) is 40.4 Å². The fourth-order valence-corrected chi connectivity index (χ4v) is 1.96. The summed E-state index contributed by atoms with van der Waals surface area (Å²) in [5, 5.41) is 0. The minimum atomic E-state index is -0.760. The first-order valence-electron chi connectivity index (χ1n) is 5.46. The molecule has 1 atom stereocenters. The number of hydrogen-bond acceptors (Lipinski definition) is 4. The maximum absolute atomic E-state index is 11.5. The zero-order chi connectivity index (χ0) is 13.0. The summed E-state index contributed by atoms with van der Waals surface area (Å²) in [5.41, 5.74) is 0.871. The van der Waals surface area contributed by atoms with Crippen LogP contribution in [0.15, 0.2) is 34.8 Å². The van der Waals surface area contributed by atoms with E-state index in [0.29, 0.717) is 13.0 Å². The van der Waals surface area contributed by atoms with Crippen LogP contribution >= 0.6 is 15.9 Å². The van der Waals surface area contributed by atoms with E-state index in [4.69, 9.17) is 9.47 Å². The molecule has 4 nitrogen and oxygen atoms in total. The molecule has 1 heterocycles. The van der Waals surface area contributed by atoms with Crippen LogP contribution in [0.3, 0.4) is 0 Å². The van der Waals surface area contributed by atoms with E-state index in [1.54, 1.807) is 6.08 Å². The third-order valence-electron chi connectivity index (χ3n) is 2.41. The quantitative estimate of drug-likeness (QED) is 0.635. The summed E-state index contributed by atoms with van der Waals surface area (Å²) in [6.07, 6.45) is 2.60. The van der Waals surface area contributed by atoms with E-state index in [1.165, 1.54) is 6.08 Å². The van der Waals surface area contributed by atoms with Crippen LogP contribution in [0.1, 0.15) is 12.0 Å². The van der Waals surface area contributed by atoms with Gasteiger partial charge >= 0.3 is 11.9 Å². The van der Waals surface area contributed by atoms with E-state index < -0.39 is 18.0 Å². The van der Waals surface area contributed by atoms with Gasteiger partial charge in [0.25, 0.3) is 0 Å². The lowest BCUT2D eigenvalue weighted by Gasteiger charge is -2.04. The molecule has 18 heavy (non-hydrogen) atoms. The first-order chi connectivity index (χ1) is 8.65. The Morgan fingerprint density at radius 3 is 3.00 bits per heavy atom. The SMILES string of the molecule is O=C(/C=C/c1cccc(Br)c1)O[C@@H]1CCOC1=O. The van der Waals surface area contributed by atoms with Crippen molar-refractivity contribution in [3.63, 3.8) is 0 Å². The van der Waals surface area contributed by atoms with Crippen molar-refractivity contribution in [1.82, 2.24) is 0 Å². The van der Waals surface area contributed by atoms with Crippen LogP contribution in [-0.4, -0.2) is 24.6 Å². The number of benzene rings is 1. The predicted octanol–water partition coefficient (Wildman–Crippen LogP) is 2.32. The van der Waals surface area contributed by atoms with Crippen LogP contribution < -0.4 is 0 Å². The molecule has 0 aromatic heterocycles. The smallest absolute Gasteiger partial charge is 0.347 e. The van der Waals surface area contributed by atoms with Gasteiger partial charge in [-0.3, -0.25) is 0 Å². The van der Waals surface area contributed by atoms with Gasteiger partial charge < -0.3 is 9.47 Å². The molecule has 0 radical (unpaired) electrons. The Morgan fingerprint density at radius 2 is 2.33 bits per heavy atom. The zero-order valence-electron chi connectivity index (χ0n) is 9.47. The third kappa shape index (κ3) is 3.43. The molecule has 1 saturated heterocycles. The molecule has 1 aliphatic rings. The molecule has 0 bridgehead atoms. The average Bonchev–Trinajstić information content (AvgIpc) is 2.73. The Balaban J connectivity index is 1.93. The maximum atomic E-state index is 11.5. The van der Waals surface area contributed by atoms with Gasteiger partial charge in [0.05, 0.1) is 6.61 Å². The van der Waals surface area contributed by atoms with E-state index in [1.807, 2.05) is 24.3 Å². The predicted molar refractivity (Wildman–Crippen MR) is 68.6 cm³/mol. The molecule has 0 N–H and O–H groups in total. The Labute approximate surface area is 113 Å². The number of ether oxygens (including phenoxy) is 2. The summed E-state index contributed by atoms with van der Waals surface area (Å²) >= 11 is 3.34. The number of carbonyl (C=O) groups is 2.